The molecular formula is C33H30ClN3O6S. The third-order valence-electron chi connectivity index (χ3n) is 6.18. The Balaban J connectivity index is 1.47. The van der Waals surface area contributed by atoms with E-state index in [0.29, 0.717) is 44.8 Å². The number of methoxy groups -OCH3 is 3. The van der Waals surface area contributed by atoms with Gasteiger partial charge in [0.15, 0.2) is 0 Å². The van der Waals surface area contributed by atoms with Crippen LogP contribution < -0.4 is 30.2 Å². The number of thioether (sulfide) groups is 1. The van der Waals surface area contributed by atoms with E-state index in [0.717, 1.165) is 4.90 Å². The minimum absolute atomic E-state index is 0.0212. The second kappa shape index (κ2) is 15.5. The van der Waals surface area contributed by atoms with Gasteiger partial charge in [-0.15, -0.1) is 11.8 Å². The molecular weight excluding hydrogens is 602 g/mol. The van der Waals surface area contributed by atoms with Gasteiger partial charge in [-0.2, -0.15) is 0 Å². The number of amides is 3. The van der Waals surface area contributed by atoms with Crippen molar-refractivity contribution in [3.05, 3.63) is 113 Å². The van der Waals surface area contributed by atoms with Crippen LogP contribution in [0.25, 0.3) is 6.08 Å². The zero-order valence-electron chi connectivity index (χ0n) is 24.2. The van der Waals surface area contributed by atoms with Gasteiger partial charge in [-0.3, -0.25) is 14.4 Å². The summed E-state index contributed by atoms with van der Waals surface area (Å²) >= 11 is 7.49. The molecule has 226 valence electrons. The minimum Gasteiger partial charge on any atom is -0.496 e. The van der Waals surface area contributed by atoms with Gasteiger partial charge in [-0.1, -0.05) is 54.1 Å². The topological polar surface area (TPSA) is 115 Å². The molecule has 3 N–H and O–H groups in total. The maximum absolute atomic E-state index is 13.5. The quantitative estimate of drug-likeness (QED) is 0.121. The Morgan fingerprint density at radius 3 is 2.20 bits per heavy atom. The van der Waals surface area contributed by atoms with Crippen molar-refractivity contribution in [1.29, 1.82) is 0 Å². The molecule has 4 aromatic carbocycles. The van der Waals surface area contributed by atoms with Gasteiger partial charge < -0.3 is 30.2 Å². The molecule has 0 aliphatic carbocycles. The third-order valence-corrected chi connectivity index (χ3v) is 7.47. The maximum atomic E-state index is 13.5. The fraction of sp³-hybridized carbons (Fsp3) is 0.121. The molecule has 0 fully saturated rings. The number of hydrogen-bond acceptors (Lipinski definition) is 7. The standard InChI is InChI=1S/C33H30ClN3O6S/c1-41-28-15-8-7-12-22(28)16-27(37-32(39)21-10-5-4-6-11-21)33(40)35-23-13-9-14-24(17-23)44-20-31(38)36-26-18-25(34)29(42-2)19-30(26)43-3/h4-19H,20H2,1-3H3,(H,35,40)(H,36,38)(H,37,39)/b27-16+. The lowest BCUT2D eigenvalue weighted by Crippen LogP contribution is -2.30. The monoisotopic (exact) mass is 631 g/mol. The molecule has 0 heterocycles. The van der Waals surface area contributed by atoms with Gasteiger partial charge in [-0.25, -0.2) is 0 Å². The van der Waals surface area contributed by atoms with E-state index in [2.05, 4.69) is 16.0 Å². The second-order valence-corrected chi connectivity index (χ2v) is 10.6. The summed E-state index contributed by atoms with van der Waals surface area (Å²) in [6, 6.07) is 25.9. The molecule has 0 saturated heterocycles. The number of para-hydroxylation sites is 1. The first-order chi connectivity index (χ1) is 21.3. The van der Waals surface area contributed by atoms with Gasteiger partial charge in [0.25, 0.3) is 11.8 Å². The van der Waals surface area contributed by atoms with E-state index in [4.69, 9.17) is 25.8 Å². The highest BCUT2D eigenvalue weighted by atomic mass is 35.5. The predicted molar refractivity (Wildman–Crippen MR) is 174 cm³/mol. The molecule has 0 radical (unpaired) electrons. The van der Waals surface area contributed by atoms with E-state index in [1.165, 1.54) is 33.1 Å². The Bertz CT molecular complexity index is 1680. The summed E-state index contributed by atoms with van der Waals surface area (Å²) in [5.74, 6) is 0.195. The summed E-state index contributed by atoms with van der Waals surface area (Å²) < 4.78 is 16.0. The van der Waals surface area contributed by atoms with E-state index in [-0.39, 0.29) is 17.4 Å². The van der Waals surface area contributed by atoms with Crippen LogP contribution >= 0.6 is 23.4 Å². The molecule has 0 aromatic heterocycles. The first-order valence-corrected chi connectivity index (χ1v) is 14.6. The number of nitrogens with one attached hydrogen (secondary N) is 3. The van der Waals surface area contributed by atoms with E-state index in [1.807, 2.05) is 12.1 Å². The average molecular weight is 632 g/mol. The molecule has 0 atom stereocenters. The van der Waals surface area contributed by atoms with Crippen molar-refractivity contribution in [2.75, 3.05) is 37.7 Å². The third kappa shape index (κ3) is 8.56. The number of carbonyl (C=O) groups is 3. The van der Waals surface area contributed by atoms with Crippen molar-refractivity contribution >= 4 is 58.5 Å². The van der Waals surface area contributed by atoms with Crippen molar-refractivity contribution in [3.8, 4) is 17.2 Å². The summed E-state index contributed by atoms with van der Waals surface area (Å²) in [6.07, 6.45) is 1.55. The van der Waals surface area contributed by atoms with Crippen molar-refractivity contribution in [2.24, 2.45) is 0 Å². The Hall–Kier alpha value is -4.93. The minimum atomic E-state index is -0.538. The highest BCUT2D eigenvalue weighted by Crippen LogP contribution is 2.36. The molecule has 44 heavy (non-hydrogen) atoms. The highest BCUT2D eigenvalue weighted by Gasteiger charge is 2.17. The number of ether oxygens (including phenoxy) is 3. The normalized spacial score (nSPS) is 10.9. The zero-order valence-corrected chi connectivity index (χ0v) is 25.8. The molecule has 3 amide bonds. The van der Waals surface area contributed by atoms with E-state index >= 15 is 0 Å². The van der Waals surface area contributed by atoms with E-state index < -0.39 is 11.8 Å². The van der Waals surface area contributed by atoms with Crippen LogP contribution in [-0.2, 0) is 9.59 Å². The Morgan fingerprint density at radius 2 is 1.48 bits per heavy atom. The lowest BCUT2D eigenvalue weighted by atomic mass is 10.1. The molecule has 0 bridgehead atoms. The van der Waals surface area contributed by atoms with Gasteiger partial charge in [0, 0.05) is 27.8 Å². The largest absolute Gasteiger partial charge is 0.496 e. The molecule has 4 rings (SSSR count). The molecule has 0 unspecified atom stereocenters. The zero-order chi connectivity index (χ0) is 31.5. The molecule has 4 aromatic rings. The van der Waals surface area contributed by atoms with E-state index in [1.54, 1.807) is 84.9 Å². The Kier molecular flexibility index (Phi) is 11.3. The number of benzene rings is 4. The molecule has 0 saturated carbocycles. The number of halogens is 1. The van der Waals surface area contributed by atoms with Crippen LogP contribution in [0, 0.1) is 0 Å². The summed E-state index contributed by atoms with van der Waals surface area (Å²) in [5, 5.41) is 8.69. The summed E-state index contributed by atoms with van der Waals surface area (Å²) in [6.45, 7) is 0. The first kappa shape index (κ1) is 32.0. The summed E-state index contributed by atoms with van der Waals surface area (Å²) in [7, 11) is 4.50. The Labute approximate surface area is 264 Å². The van der Waals surface area contributed by atoms with Gasteiger partial charge in [0.1, 0.15) is 22.9 Å². The van der Waals surface area contributed by atoms with Crippen molar-refractivity contribution in [1.82, 2.24) is 5.32 Å². The van der Waals surface area contributed by atoms with Gasteiger partial charge >= 0.3 is 0 Å². The maximum Gasteiger partial charge on any atom is 0.272 e. The number of rotatable bonds is 12. The second-order valence-electron chi connectivity index (χ2n) is 9.13. The van der Waals surface area contributed by atoms with Crippen molar-refractivity contribution in [3.63, 3.8) is 0 Å². The van der Waals surface area contributed by atoms with Crippen LogP contribution in [0.4, 0.5) is 11.4 Å². The number of anilines is 2. The lowest BCUT2D eigenvalue weighted by molar-refractivity contribution is -0.114. The fourth-order valence-electron chi connectivity index (χ4n) is 4.04. The van der Waals surface area contributed by atoms with Crippen molar-refractivity contribution < 1.29 is 28.6 Å². The molecule has 0 aliphatic heterocycles. The first-order valence-electron chi connectivity index (χ1n) is 13.3. The van der Waals surface area contributed by atoms with Crippen LogP contribution in [0.15, 0.2) is 102 Å². The SMILES string of the molecule is COc1cc(OC)c(NC(=O)CSc2cccc(NC(=O)/C(=C\c3ccccc3OC)NC(=O)c3ccccc3)c2)cc1Cl. The van der Waals surface area contributed by atoms with Gasteiger partial charge in [0.05, 0.1) is 37.8 Å². The average Bonchev–Trinajstić information content (AvgIpc) is 3.04. The molecule has 9 nitrogen and oxygen atoms in total. The van der Waals surface area contributed by atoms with Crippen molar-refractivity contribution in [2.45, 2.75) is 4.90 Å². The fourth-order valence-corrected chi connectivity index (χ4v) is 5.03. The molecule has 0 aliphatic rings. The van der Waals surface area contributed by atoms with Crippen LogP contribution in [0.3, 0.4) is 0 Å². The van der Waals surface area contributed by atoms with Crippen LogP contribution in [0.2, 0.25) is 5.02 Å². The predicted octanol–water partition coefficient (Wildman–Crippen LogP) is 6.51. The molecule has 11 heteroatoms. The van der Waals surface area contributed by atoms with E-state index in [9.17, 15) is 14.4 Å². The highest BCUT2D eigenvalue weighted by molar-refractivity contribution is 8.00. The van der Waals surface area contributed by atoms with Crippen LogP contribution in [0.5, 0.6) is 17.2 Å². The van der Waals surface area contributed by atoms with Crippen LogP contribution in [-0.4, -0.2) is 44.8 Å². The molecule has 0 spiro atoms. The van der Waals surface area contributed by atoms with Gasteiger partial charge in [0.2, 0.25) is 5.91 Å². The lowest BCUT2D eigenvalue weighted by Gasteiger charge is -2.14. The summed E-state index contributed by atoms with van der Waals surface area (Å²) in [5.41, 5.74) is 1.92. The van der Waals surface area contributed by atoms with Gasteiger partial charge in [-0.05, 0) is 48.5 Å². The number of hydrogen-bond donors (Lipinski definition) is 3. The summed E-state index contributed by atoms with van der Waals surface area (Å²) in [4.78, 5) is 39.9. The van der Waals surface area contributed by atoms with Crippen LogP contribution in [0.1, 0.15) is 15.9 Å². The number of carbonyl (C=O) groups excluding carboxylic acids is 3. The smallest absolute Gasteiger partial charge is 0.272 e. The Morgan fingerprint density at radius 1 is 0.773 bits per heavy atom.